The lowest BCUT2D eigenvalue weighted by molar-refractivity contribution is 0.646. The third-order valence-corrected chi connectivity index (χ3v) is 5.94. The summed E-state index contributed by atoms with van der Waals surface area (Å²) in [5, 5.41) is 0. The van der Waals surface area contributed by atoms with Crippen LogP contribution in [0.2, 0.25) is 0 Å². The smallest absolute Gasteiger partial charge is 0.254 e. The summed E-state index contributed by atoms with van der Waals surface area (Å²) in [5.74, 6) is 1.53. The SMILES string of the molecule is Cc1cccc(N2CCN(c3ccc(-c4nc(C)c(C)c(=O)[nH]4)cn3)CC2)c1C. The molecule has 1 saturated heterocycles. The van der Waals surface area contributed by atoms with E-state index in [1.807, 2.05) is 19.1 Å². The Balaban J connectivity index is 1.47. The van der Waals surface area contributed by atoms with Crippen molar-refractivity contribution in [1.29, 1.82) is 0 Å². The third kappa shape index (κ3) is 3.75. The molecule has 3 aromatic rings. The fourth-order valence-corrected chi connectivity index (χ4v) is 3.75. The second-order valence-electron chi connectivity index (χ2n) is 7.72. The Labute approximate surface area is 171 Å². The largest absolute Gasteiger partial charge is 0.368 e. The summed E-state index contributed by atoms with van der Waals surface area (Å²) < 4.78 is 0. The molecule has 6 nitrogen and oxygen atoms in total. The van der Waals surface area contributed by atoms with Gasteiger partial charge in [0.05, 0.1) is 0 Å². The van der Waals surface area contributed by atoms with Gasteiger partial charge in [0.15, 0.2) is 0 Å². The average molecular weight is 390 g/mol. The summed E-state index contributed by atoms with van der Waals surface area (Å²) >= 11 is 0. The Hall–Kier alpha value is -3.15. The number of pyridine rings is 1. The lowest BCUT2D eigenvalue weighted by Gasteiger charge is -2.37. The van der Waals surface area contributed by atoms with Crippen LogP contribution in [0.1, 0.15) is 22.4 Å². The van der Waals surface area contributed by atoms with Crippen molar-refractivity contribution in [1.82, 2.24) is 15.0 Å². The van der Waals surface area contributed by atoms with Gasteiger partial charge in [0.2, 0.25) is 0 Å². The summed E-state index contributed by atoms with van der Waals surface area (Å²) in [6.45, 7) is 11.8. The van der Waals surface area contributed by atoms with E-state index in [2.05, 4.69) is 56.8 Å². The van der Waals surface area contributed by atoms with Crippen molar-refractivity contribution in [3.63, 3.8) is 0 Å². The highest BCUT2D eigenvalue weighted by Crippen LogP contribution is 2.25. The van der Waals surface area contributed by atoms with Crippen LogP contribution in [0, 0.1) is 27.7 Å². The zero-order valence-corrected chi connectivity index (χ0v) is 17.5. The first kappa shape index (κ1) is 19.2. The van der Waals surface area contributed by atoms with E-state index in [9.17, 15) is 4.79 Å². The molecule has 0 bridgehead atoms. The zero-order chi connectivity index (χ0) is 20.5. The van der Waals surface area contributed by atoms with Crippen molar-refractivity contribution < 1.29 is 0 Å². The first-order chi connectivity index (χ1) is 13.9. The number of aryl methyl sites for hydroxylation is 2. The van der Waals surface area contributed by atoms with E-state index in [-0.39, 0.29) is 5.56 Å². The van der Waals surface area contributed by atoms with Crippen molar-refractivity contribution >= 4 is 11.5 Å². The molecule has 3 heterocycles. The number of aromatic amines is 1. The monoisotopic (exact) mass is 389 g/mol. The summed E-state index contributed by atoms with van der Waals surface area (Å²) in [6, 6.07) is 10.5. The first-order valence-electron chi connectivity index (χ1n) is 10.0. The maximum absolute atomic E-state index is 12.0. The number of benzene rings is 1. The van der Waals surface area contributed by atoms with E-state index < -0.39 is 0 Å². The van der Waals surface area contributed by atoms with E-state index in [0.29, 0.717) is 11.4 Å². The number of aromatic nitrogens is 3. The molecule has 1 aromatic carbocycles. The number of piperazine rings is 1. The van der Waals surface area contributed by atoms with E-state index in [4.69, 9.17) is 0 Å². The molecule has 29 heavy (non-hydrogen) atoms. The van der Waals surface area contributed by atoms with Crippen LogP contribution >= 0.6 is 0 Å². The molecule has 4 rings (SSSR count). The Morgan fingerprint density at radius 2 is 1.62 bits per heavy atom. The predicted molar refractivity (Wildman–Crippen MR) is 118 cm³/mol. The van der Waals surface area contributed by atoms with Crippen molar-refractivity contribution in [2.45, 2.75) is 27.7 Å². The van der Waals surface area contributed by atoms with E-state index in [1.54, 1.807) is 13.1 Å². The molecule has 0 atom stereocenters. The molecule has 0 aliphatic carbocycles. The second kappa shape index (κ2) is 7.70. The van der Waals surface area contributed by atoms with Gasteiger partial charge in [0.1, 0.15) is 11.6 Å². The van der Waals surface area contributed by atoms with E-state index in [0.717, 1.165) is 43.3 Å². The number of nitrogens with one attached hydrogen (secondary N) is 1. The van der Waals surface area contributed by atoms with Gasteiger partial charge in [-0.3, -0.25) is 4.79 Å². The highest BCUT2D eigenvalue weighted by Gasteiger charge is 2.20. The van der Waals surface area contributed by atoms with Gasteiger partial charge in [-0.05, 0) is 57.0 Å². The number of hydrogen-bond donors (Lipinski definition) is 1. The summed E-state index contributed by atoms with van der Waals surface area (Å²) in [7, 11) is 0. The number of H-pyrrole nitrogens is 1. The van der Waals surface area contributed by atoms with Gasteiger partial charge in [-0.2, -0.15) is 0 Å². The van der Waals surface area contributed by atoms with Gasteiger partial charge >= 0.3 is 0 Å². The van der Waals surface area contributed by atoms with Crippen LogP contribution in [-0.2, 0) is 0 Å². The standard InChI is InChI=1S/C23H27N5O/c1-15-6-5-7-20(16(15)2)27-10-12-28(13-11-27)21-9-8-19(14-24-21)22-25-18(4)17(3)23(29)26-22/h5-9,14H,10-13H2,1-4H3,(H,25,26,29). The van der Waals surface area contributed by atoms with Crippen molar-refractivity contribution in [2.75, 3.05) is 36.0 Å². The Morgan fingerprint density at radius 1 is 0.897 bits per heavy atom. The minimum absolute atomic E-state index is 0.0980. The lowest BCUT2D eigenvalue weighted by Crippen LogP contribution is -2.47. The fourth-order valence-electron chi connectivity index (χ4n) is 3.75. The van der Waals surface area contributed by atoms with Crippen molar-refractivity contribution in [2.24, 2.45) is 0 Å². The van der Waals surface area contributed by atoms with Gasteiger partial charge in [0, 0.05) is 54.9 Å². The minimum atomic E-state index is -0.0980. The van der Waals surface area contributed by atoms with Gasteiger partial charge < -0.3 is 14.8 Å². The molecule has 2 aromatic heterocycles. The maximum atomic E-state index is 12.0. The molecular formula is C23H27N5O. The van der Waals surface area contributed by atoms with E-state index in [1.165, 1.54) is 16.8 Å². The molecular weight excluding hydrogens is 362 g/mol. The molecule has 1 aliphatic heterocycles. The van der Waals surface area contributed by atoms with Crippen molar-refractivity contribution in [3.05, 3.63) is 69.3 Å². The van der Waals surface area contributed by atoms with Crippen LogP contribution in [-0.4, -0.2) is 41.1 Å². The maximum Gasteiger partial charge on any atom is 0.254 e. The lowest BCUT2D eigenvalue weighted by atomic mass is 10.1. The highest BCUT2D eigenvalue weighted by atomic mass is 16.1. The number of nitrogens with zero attached hydrogens (tertiary/aromatic N) is 4. The second-order valence-corrected chi connectivity index (χ2v) is 7.72. The van der Waals surface area contributed by atoms with E-state index >= 15 is 0 Å². The van der Waals surface area contributed by atoms with Gasteiger partial charge in [-0.1, -0.05) is 12.1 Å². The van der Waals surface area contributed by atoms with Gasteiger partial charge in [0.25, 0.3) is 5.56 Å². The predicted octanol–water partition coefficient (Wildman–Crippen LogP) is 3.39. The van der Waals surface area contributed by atoms with Crippen molar-refractivity contribution in [3.8, 4) is 11.4 Å². The fraction of sp³-hybridized carbons (Fsp3) is 0.348. The molecule has 150 valence electrons. The zero-order valence-electron chi connectivity index (χ0n) is 17.5. The highest BCUT2D eigenvalue weighted by molar-refractivity contribution is 5.59. The molecule has 0 radical (unpaired) electrons. The summed E-state index contributed by atoms with van der Waals surface area (Å²) in [6.07, 6.45) is 1.79. The topological polar surface area (TPSA) is 65.1 Å². The molecule has 0 unspecified atom stereocenters. The Bertz CT molecular complexity index is 1080. The van der Waals surface area contributed by atoms with Crippen LogP contribution in [0.5, 0.6) is 0 Å². The molecule has 1 aliphatic rings. The molecule has 0 amide bonds. The summed E-state index contributed by atoms with van der Waals surface area (Å²) in [4.78, 5) is 28.7. The molecule has 0 spiro atoms. The first-order valence-corrected chi connectivity index (χ1v) is 10.0. The Kier molecular flexibility index (Phi) is 5.09. The average Bonchev–Trinajstić information content (AvgIpc) is 2.74. The Morgan fingerprint density at radius 3 is 2.28 bits per heavy atom. The molecule has 0 saturated carbocycles. The summed E-state index contributed by atoms with van der Waals surface area (Å²) in [5.41, 5.74) is 6.15. The van der Waals surface area contributed by atoms with Crippen LogP contribution < -0.4 is 15.4 Å². The third-order valence-electron chi connectivity index (χ3n) is 5.94. The normalized spacial score (nSPS) is 14.3. The van der Waals surface area contributed by atoms with Crippen LogP contribution in [0.15, 0.2) is 41.3 Å². The molecule has 6 heteroatoms. The number of rotatable bonds is 3. The van der Waals surface area contributed by atoms with Crippen LogP contribution in [0.3, 0.4) is 0 Å². The molecule has 1 N–H and O–H groups in total. The quantitative estimate of drug-likeness (QED) is 0.744. The number of anilines is 2. The van der Waals surface area contributed by atoms with Gasteiger partial charge in [-0.15, -0.1) is 0 Å². The number of hydrogen-bond acceptors (Lipinski definition) is 5. The van der Waals surface area contributed by atoms with Crippen LogP contribution in [0.25, 0.3) is 11.4 Å². The van der Waals surface area contributed by atoms with Gasteiger partial charge in [-0.25, -0.2) is 9.97 Å². The minimum Gasteiger partial charge on any atom is -0.368 e. The van der Waals surface area contributed by atoms with Crippen LogP contribution in [0.4, 0.5) is 11.5 Å². The molecule has 1 fully saturated rings.